The summed E-state index contributed by atoms with van der Waals surface area (Å²) < 4.78 is 0. The SMILES string of the molecule is O=C(NCc1cn[nH]c1)c1cc2c(s1)CCSC2. The van der Waals surface area contributed by atoms with Crippen molar-refractivity contribution in [1.29, 1.82) is 0 Å². The second kappa shape index (κ2) is 5.16. The number of aromatic amines is 1. The highest BCUT2D eigenvalue weighted by molar-refractivity contribution is 7.98. The molecule has 4 nitrogen and oxygen atoms in total. The Bertz CT molecular complexity index is 524. The van der Waals surface area contributed by atoms with Crippen molar-refractivity contribution in [3.05, 3.63) is 39.3 Å². The fourth-order valence-electron chi connectivity index (χ4n) is 1.90. The molecular formula is C12H13N3OS2. The minimum Gasteiger partial charge on any atom is -0.347 e. The first-order valence-corrected chi connectivity index (χ1v) is 7.75. The van der Waals surface area contributed by atoms with Crippen LogP contribution in [0.2, 0.25) is 0 Å². The van der Waals surface area contributed by atoms with E-state index in [1.807, 2.05) is 17.8 Å². The Kier molecular flexibility index (Phi) is 3.38. The normalized spacial score (nSPS) is 14.2. The number of carbonyl (C=O) groups excluding carboxylic acids is 1. The number of nitrogens with zero attached hydrogens (tertiary/aromatic N) is 1. The van der Waals surface area contributed by atoms with Crippen LogP contribution in [0, 0.1) is 0 Å². The van der Waals surface area contributed by atoms with Gasteiger partial charge in [-0.05, 0) is 23.8 Å². The van der Waals surface area contributed by atoms with Crippen molar-refractivity contribution >= 4 is 29.0 Å². The fourth-order valence-corrected chi connectivity index (χ4v) is 4.19. The van der Waals surface area contributed by atoms with Crippen LogP contribution in [0.25, 0.3) is 0 Å². The summed E-state index contributed by atoms with van der Waals surface area (Å²) in [5.41, 5.74) is 2.32. The number of thioether (sulfide) groups is 1. The lowest BCUT2D eigenvalue weighted by atomic mass is 10.2. The molecule has 94 valence electrons. The smallest absolute Gasteiger partial charge is 0.261 e. The summed E-state index contributed by atoms with van der Waals surface area (Å²) in [6.45, 7) is 0.520. The number of hydrogen-bond donors (Lipinski definition) is 2. The molecule has 1 amide bonds. The van der Waals surface area contributed by atoms with E-state index in [1.54, 1.807) is 23.7 Å². The zero-order valence-corrected chi connectivity index (χ0v) is 11.4. The average molecular weight is 279 g/mol. The van der Waals surface area contributed by atoms with Crippen molar-refractivity contribution in [2.45, 2.75) is 18.7 Å². The molecule has 2 N–H and O–H groups in total. The van der Waals surface area contributed by atoms with E-state index in [2.05, 4.69) is 15.5 Å². The van der Waals surface area contributed by atoms with Crippen LogP contribution < -0.4 is 5.32 Å². The van der Waals surface area contributed by atoms with Gasteiger partial charge in [0.15, 0.2) is 0 Å². The van der Waals surface area contributed by atoms with Crippen molar-refractivity contribution in [2.75, 3.05) is 5.75 Å². The maximum atomic E-state index is 12.0. The average Bonchev–Trinajstić information content (AvgIpc) is 3.04. The Morgan fingerprint density at radius 1 is 1.56 bits per heavy atom. The van der Waals surface area contributed by atoms with Crippen molar-refractivity contribution in [3.63, 3.8) is 0 Å². The molecule has 0 spiro atoms. The van der Waals surface area contributed by atoms with E-state index in [1.165, 1.54) is 16.2 Å². The number of rotatable bonds is 3. The molecule has 3 heterocycles. The molecule has 0 saturated heterocycles. The van der Waals surface area contributed by atoms with Gasteiger partial charge in [-0.1, -0.05) is 0 Å². The number of carbonyl (C=O) groups is 1. The summed E-state index contributed by atoms with van der Waals surface area (Å²) in [5.74, 6) is 2.23. The highest BCUT2D eigenvalue weighted by Gasteiger charge is 2.17. The lowest BCUT2D eigenvalue weighted by Crippen LogP contribution is -2.21. The van der Waals surface area contributed by atoms with Crippen LogP contribution in [0.4, 0.5) is 0 Å². The fraction of sp³-hybridized carbons (Fsp3) is 0.333. The van der Waals surface area contributed by atoms with Crippen molar-refractivity contribution in [3.8, 4) is 0 Å². The number of hydrogen-bond acceptors (Lipinski definition) is 4. The van der Waals surface area contributed by atoms with Gasteiger partial charge in [-0.3, -0.25) is 9.89 Å². The van der Waals surface area contributed by atoms with Crippen LogP contribution in [-0.2, 0) is 18.7 Å². The number of aromatic nitrogens is 2. The monoisotopic (exact) mass is 279 g/mol. The van der Waals surface area contributed by atoms with Crippen LogP contribution in [0.1, 0.15) is 25.7 Å². The van der Waals surface area contributed by atoms with Gasteiger partial charge in [-0.15, -0.1) is 11.3 Å². The third-order valence-corrected chi connectivity index (χ3v) is 5.10. The molecule has 0 radical (unpaired) electrons. The summed E-state index contributed by atoms with van der Waals surface area (Å²) in [6.07, 6.45) is 4.60. The molecule has 0 aromatic carbocycles. The zero-order chi connectivity index (χ0) is 12.4. The molecule has 1 aliphatic rings. The van der Waals surface area contributed by atoms with Crippen LogP contribution >= 0.6 is 23.1 Å². The highest BCUT2D eigenvalue weighted by atomic mass is 32.2. The van der Waals surface area contributed by atoms with Crippen molar-refractivity contribution < 1.29 is 4.79 Å². The molecule has 2 aromatic heterocycles. The minimum atomic E-state index is 0.0144. The predicted octanol–water partition coefficient (Wildman–Crippen LogP) is 2.19. The van der Waals surface area contributed by atoms with E-state index < -0.39 is 0 Å². The lowest BCUT2D eigenvalue weighted by Gasteiger charge is -2.08. The van der Waals surface area contributed by atoms with E-state index in [-0.39, 0.29) is 5.91 Å². The van der Waals surface area contributed by atoms with Gasteiger partial charge in [-0.25, -0.2) is 0 Å². The minimum absolute atomic E-state index is 0.0144. The number of fused-ring (bicyclic) bond motifs is 1. The first-order chi connectivity index (χ1) is 8.83. The van der Waals surface area contributed by atoms with Crippen molar-refractivity contribution in [2.24, 2.45) is 0 Å². The number of nitrogens with one attached hydrogen (secondary N) is 2. The molecule has 0 saturated carbocycles. The van der Waals surface area contributed by atoms with Crippen LogP contribution in [0.15, 0.2) is 18.5 Å². The molecule has 0 atom stereocenters. The number of aryl methyl sites for hydroxylation is 1. The van der Waals surface area contributed by atoms with E-state index in [0.29, 0.717) is 6.54 Å². The maximum Gasteiger partial charge on any atom is 0.261 e. The molecule has 6 heteroatoms. The molecule has 0 fully saturated rings. The molecule has 0 bridgehead atoms. The van der Waals surface area contributed by atoms with Crippen LogP contribution in [0.3, 0.4) is 0 Å². The molecule has 3 rings (SSSR count). The molecular weight excluding hydrogens is 266 g/mol. The molecule has 2 aromatic rings. The highest BCUT2D eigenvalue weighted by Crippen LogP contribution is 2.31. The predicted molar refractivity (Wildman–Crippen MR) is 73.9 cm³/mol. The van der Waals surface area contributed by atoms with Gasteiger partial charge in [0.25, 0.3) is 5.91 Å². The van der Waals surface area contributed by atoms with E-state index in [4.69, 9.17) is 0 Å². The third-order valence-electron chi connectivity index (χ3n) is 2.86. The molecule has 18 heavy (non-hydrogen) atoms. The van der Waals surface area contributed by atoms with Gasteiger partial charge < -0.3 is 5.32 Å². The van der Waals surface area contributed by atoms with Gasteiger partial charge in [0.1, 0.15) is 0 Å². The largest absolute Gasteiger partial charge is 0.347 e. The van der Waals surface area contributed by atoms with Gasteiger partial charge >= 0.3 is 0 Å². The van der Waals surface area contributed by atoms with Crippen LogP contribution in [-0.4, -0.2) is 21.9 Å². The Labute approximate surface area is 113 Å². The van der Waals surface area contributed by atoms with E-state index in [9.17, 15) is 4.79 Å². The summed E-state index contributed by atoms with van der Waals surface area (Å²) in [6, 6.07) is 2.04. The Morgan fingerprint density at radius 3 is 3.28 bits per heavy atom. The lowest BCUT2D eigenvalue weighted by molar-refractivity contribution is 0.0955. The summed E-state index contributed by atoms with van der Waals surface area (Å²) in [5, 5.41) is 9.50. The number of H-pyrrole nitrogens is 1. The first-order valence-electron chi connectivity index (χ1n) is 5.78. The summed E-state index contributed by atoms with van der Waals surface area (Å²) in [7, 11) is 0. The van der Waals surface area contributed by atoms with Gasteiger partial charge in [0.2, 0.25) is 0 Å². The second-order valence-electron chi connectivity index (χ2n) is 4.15. The van der Waals surface area contributed by atoms with Gasteiger partial charge in [0, 0.05) is 28.9 Å². The van der Waals surface area contributed by atoms with E-state index >= 15 is 0 Å². The Balaban J connectivity index is 1.67. The zero-order valence-electron chi connectivity index (χ0n) is 9.73. The van der Waals surface area contributed by atoms with Gasteiger partial charge in [0.05, 0.1) is 11.1 Å². The van der Waals surface area contributed by atoms with Gasteiger partial charge in [-0.2, -0.15) is 16.9 Å². The third kappa shape index (κ3) is 2.44. The standard InChI is InChI=1S/C12H13N3OS2/c16-12(13-4-8-5-14-15-6-8)11-3-9-7-17-2-1-10(9)18-11/h3,5-6H,1-2,4,7H2,(H,13,16)(H,14,15). The summed E-state index contributed by atoms with van der Waals surface area (Å²) in [4.78, 5) is 14.2. The molecule has 1 aliphatic heterocycles. The Morgan fingerprint density at radius 2 is 2.50 bits per heavy atom. The maximum absolute atomic E-state index is 12.0. The summed E-state index contributed by atoms with van der Waals surface area (Å²) >= 11 is 3.57. The van der Waals surface area contributed by atoms with Crippen LogP contribution in [0.5, 0.6) is 0 Å². The van der Waals surface area contributed by atoms with Crippen molar-refractivity contribution in [1.82, 2.24) is 15.5 Å². The molecule has 0 aliphatic carbocycles. The number of amides is 1. The topological polar surface area (TPSA) is 57.8 Å². The quantitative estimate of drug-likeness (QED) is 0.905. The second-order valence-corrected chi connectivity index (χ2v) is 6.39. The number of thiophene rings is 1. The Hall–Kier alpha value is -1.27. The first kappa shape index (κ1) is 11.8. The van der Waals surface area contributed by atoms with E-state index in [0.717, 1.165) is 22.6 Å². The molecule has 0 unspecified atom stereocenters.